The fourth-order valence-corrected chi connectivity index (χ4v) is 14.3. The van der Waals surface area contributed by atoms with Crippen molar-refractivity contribution >= 4 is 80.8 Å². The molecule has 28 nitrogen and oxygen atoms in total. The minimum Gasteiger partial charge on any atom is -0.380 e. The first-order valence-corrected chi connectivity index (χ1v) is 36.9. The Morgan fingerprint density at radius 3 is 1.84 bits per heavy atom. The molecule has 29 heteroatoms. The summed E-state index contributed by atoms with van der Waals surface area (Å²) in [4.78, 5) is 155. The van der Waals surface area contributed by atoms with Gasteiger partial charge in [-0.3, -0.25) is 62.5 Å². The molecular weight excluding hydrogens is 1330 g/mol. The van der Waals surface area contributed by atoms with Gasteiger partial charge in [-0.1, -0.05) is 139 Å². The first-order chi connectivity index (χ1) is 47.7. The maximum absolute atomic E-state index is 14.6. The Balaban J connectivity index is 1.45. The fraction of sp³-hybridized carbons (Fsp3) is 0.658. The minimum atomic E-state index is -4.47. The van der Waals surface area contributed by atoms with Crippen molar-refractivity contribution in [2.75, 3.05) is 73.5 Å². The summed E-state index contributed by atoms with van der Waals surface area (Å²) >= 11 is 0. The lowest BCUT2D eigenvalue weighted by Crippen LogP contribution is -2.59. The zero-order valence-corrected chi connectivity index (χ0v) is 64.0. The molecule has 11 unspecified atom stereocenters. The third-order valence-electron chi connectivity index (χ3n) is 18.7. The second-order valence-electron chi connectivity index (χ2n) is 30.0. The Kier molecular flexibility index (Phi) is 33.7. The smallest absolute Gasteiger partial charge is 0.312 e. The minimum absolute atomic E-state index is 0.0168. The number of nitrogens with one attached hydrogen (secondary N) is 7. The topological polar surface area (TPSA) is 373 Å². The highest BCUT2D eigenvalue weighted by Gasteiger charge is 2.44. The van der Waals surface area contributed by atoms with Crippen LogP contribution in [-0.4, -0.2) is 216 Å². The number of urea groups is 1. The highest BCUT2D eigenvalue weighted by Crippen LogP contribution is 2.31. The van der Waals surface area contributed by atoms with Gasteiger partial charge in [-0.05, 0) is 92.1 Å². The van der Waals surface area contributed by atoms with Crippen LogP contribution in [0.15, 0.2) is 66.7 Å². The van der Waals surface area contributed by atoms with E-state index in [-0.39, 0.29) is 105 Å². The van der Waals surface area contributed by atoms with Crippen molar-refractivity contribution in [1.82, 2.24) is 50.9 Å². The van der Waals surface area contributed by atoms with Gasteiger partial charge in [0, 0.05) is 77.0 Å². The quantitative estimate of drug-likeness (QED) is 0.0337. The van der Waals surface area contributed by atoms with Crippen LogP contribution in [0.2, 0.25) is 0 Å². The molecule has 2 aliphatic heterocycles. The maximum atomic E-state index is 14.6. The van der Waals surface area contributed by atoms with Crippen LogP contribution in [0.25, 0.3) is 0 Å². The van der Waals surface area contributed by atoms with Crippen molar-refractivity contribution in [2.45, 2.75) is 202 Å². The lowest BCUT2D eigenvalue weighted by molar-refractivity contribution is -0.148. The molecule has 2 aliphatic rings. The summed E-state index contributed by atoms with van der Waals surface area (Å²) in [6.45, 7) is 24.9. The van der Waals surface area contributed by atoms with Crippen molar-refractivity contribution in [1.29, 1.82) is 0 Å². The molecule has 1 saturated heterocycles. The molecule has 12 amide bonds. The lowest BCUT2D eigenvalue weighted by atomic mass is 9.89. The average Bonchev–Trinajstić information content (AvgIpc) is 1.46. The summed E-state index contributed by atoms with van der Waals surface area (Å²) in [6, 6.07) is 7.39. The van der Waals surface area contributed by atoms with Crippen LogP contribution < -0.4 is 42.4 Å². The maximum Gasteiger partial charge on any atom is 0.312 e. The molecule has 0 spiro atoms. The summed E-state index contributed by atoms with van der Waals surface area (Å²) in [5.41, 5.74) is 4.99. The zero-order chi connectivity index (χ0) is 76.7. The van der Waals surface area contributed by atoms with Gasteiger partial charge in [0.05, 0.1) is 61.6 Å². The number of rotatable bonds is 42. The van der Waals surface area contributed by atoms with E-state index in [2.05, 4.69) is 36.6 Å². The third kappa shape index (κ3) is 26.4. The Morgan fingerprint density at radius 2 is 1.29 bits per heavy atom. The molecule has 2 heterocycles. The molecule has 0 bridgehead atoms. The van der Waals surface area contributed by atoms with Gasteiger partial charge in [-0.15, -0.1) is 0 Å². The summed E-state index contributed by atoms with van der Waals surface area (Å²) < 4.78 is 48.0. The van der Waals surface area contributed by atoms with Gasteiger partial charge in [0.15, 0.2) is 0 Å². The number of amides is 12. The molecule has 1 fully saturated rings. The SMILES string of the molecule is CCC(C)C(C(CC(=O)N1CCCC1C(OC)C(C)C(=O)NC(Cc1ccccc1)C(=O)NS(=O)(=O)Cc1ccc(NC(=O)C(CCCNC(N)=O)NC(=O)C(NC(=O)CC(C)(C)COCC(C)(C)CN2C(=O)C=CC2=O)C(C)C)cc1)OC)N(C)C(=O)C(NC(=O)C(C(C)C)N(C)C)C(C)C. The summed E-state index contributed by atoms with van der Waals surface area (Å²) in [5, 5.41) is 16.5. The molecule has 2 aromatic carbocycles. The standard InChI is InChI=1S/C73H116N12O16S/c1-19-47(8)63(83(16)70(95)61(45(4)5)80-69(94)62(46(6)7)82(14)15)55(99-17)38-59(89)84-36-24-28-54(84)64(100-18)48(9)65(90)78-53(37-49-25-21-20-22-26-49)67(92)81-102(97,98)40-50-29-31-51(32-30-50)76-66(91)52(27-23-35-75-71(74)96)77-68(93)60(44(2)3)79-56(86)39-72(10,11)42-101-43-73(12,13)41-85-57(87)33-34-58(85)88/h20-22,25-26,29-34,44-48,52-55,60-64H,19,23-24,27-28,35-43H2,1-18H3,(H,76,91)(H,77,93)(H,78,90)(H,79,86)(H,80,94)(H,81,92)(H3,74,75,96). The second kappa shape index (κ2) is 39.7. The molecule has 0 radical (unpaired) electrons. The zero-order valence-electron chi connectivity index (χ0n) is 63.1. The average molecular weight is 1450 g/mol. The molecule has 102 heavy (non-hydrogen) atoms. The summed E-state index contributed by atoms with van der Waals surface area (Å²) in [7, 11) is 3.77. The van der Waals surface area contributed by atoms with Crippen molar-refractivity contribution in [3.63, 3.8) is 0 Å². The second-order valence-corrected chi connectivity index (χ2v) is 31.7. The highest BCUT2D eigenvalue weighted by atomic mass is 32.2. The van der Waals surface area contributed by atoms with Gasteiger partial charge in [0.1, 0.15) is 24.2 Å². The number of nitrogens with two attached hydrogens (primary N) is 1. The number of likely N-dealkylation sites (N-methyl/N-ethyl adjacent to an activating group) is 2. The van der Waals surface area contributed by atoms with E-state index < -0.39 is 140 Å². The van der Waals surface area contributed by atoms with Crippen molar-refractivity contribution in [2.24, 2.45) is 46.2 Å². The number of imide groups is 1. The number of sulfonamides is 1. The van der Waals surface area contributed by atoms with E-state index in [0.717, 1.165) is 4.90 Å². The first-order valence-electron chi connectivity index (χ1n) is 35.3. The van der Waals surface area contributed by atoms with E-state index in [9.17, 15) is 61.2 Å². The molecule has 0 aromatic heterocycles. The molecule has 0 aliphatic carbocycles. The number of benzene rings is 2. The van der Waals surface area contributed by atoms with Crippen LogP contribution in [0.1, 0.15) is 146 Å². The van der Waals surface area contributed by atoms with E-state index in [4.69, 9.17) is 19.9 Å². The van der Waals surface area contributed by atoms with Crippen LogP contribution >= 0.6 is 0 Å². The molecule has 0 saturated carbocycles. The van der Waals surface area contributed by atoms with Crippen molar-refractivity contribution < 1.29 is 75.4 Å². The highest BCUT2D eigenvalue weighted by molar-refractivity contribution is 7.89. The number of primary amides is 1. The largest absolute Gasteiger partial charge is 0.380 e. The number of carbonyl (C=O) groups excluding carboxylic acids is 11. The lowest BCUT2D eigenvalue weighted by Gasteiger charge is -2.41. The molecule has 570 valence electrons. The number of anilines is 1. The predicted molar refractivity (Wildman–Crippen MR) is 387 cm³/mol. The van der Waals surface area contributed by atoms with E-state index in [1.807, 2.05) is 88.2 Å². The Morgan fingerprint density at radius 1 is 0.696 bits per heavy atom. The first kappa shape index (κ1) is 86.5. The van der Waals surface area contributed by atoms with Crippen molar-refractivity contribution in [3.05, 3.63) is 77.9 Å². The molecule has 11 atom stereocenters. The van der Waals surface area contributed by atoms with E-state index in [1.54, 1.807) is 68.0 Å². The number of ether oxygens (including phenoxy) is 3. The summed E-state index contributed by atoms with van der Waals surface area (Å²) in [5.74, 6) is -7.70. The van der Waals surface area contributed by atoms with Gasteiger partial charge in [0.25, 0.3) is 17.7 Å². The monoisotopic (exact) mass is 1450 g/mol. The van der Waals surface area contributed by atoms with E-state index in [0.29, 0.717) is 31.4 Å². The van der Waals surface area contributed by atoms with Crippen LogP contribution in [0.5, 0.6) is 0 Å². The van der Waals surface area contributed by atoms with E-state index in [1.165, 1.54) is 50.6 Å². The normalized spacial score (nSPS) is 17.3. The summed E-state index contributed by atoms with van der Waals surface area (Å²) in [6.07, 6.45) is 2.41. The van der Waals surface area contributed by atoms with Gasteiger partial charge < -0.3 is 61.6 Å². The number of likely N-dealkylation sites (tertiary alicyclic amines) is 1. The van der Waals surface area contributed by atoms with Crippen molar-refractivity contribution in [3.8, 4) is 0 Å². The van der Waals surface area contributed by atoms with E-state index >= 15 is 0 Å². The van der Waals surface area contributed by atoms with Gasteiger partial charge >= 0.3 is 6.03 Å². The number of hydrogen-bond donors (Lipinski definition) is 8. The van der Waals surface area contributed by atoms with Crippen LogP contribution in [0, 0.1) is 40.4 Å². The van der Waals surface area contributed by atoms with Crippen LogP contribution in [-0.2, 0) is 84.4 Å². The predicted octanol–water partition coefficient (Wildman–Crippen LogP) is 4.40. The number of hydrogen-bond acceptors (Lipinski definition) is 17. The molecule has 9 N–H and O–H groups in total. The van der Waals surface area contributed by atoms with Crippen LogP contribution in [0.4, 0.5) is 10.5 Å². The van der Waals surface area contributed by atoms with Gasteiger partial charge in [0.2, 0.25) is 51.4 Å². The Labute approximate surface area is 603 Å². The molecule has 4 rings (SSSR count). The Bertz CT molecular complexity index is 3300. The van der Waals surface area contributed by atoms with Crippen LogP contribution in [0.3, 0.4) is 0 Å². The molecule has 2 aromatic rings. The molecular formula is C73H116N12O16S. The Hall–Kier alpha value is -7.86. The number of methoxy groups -OCH3 is 2. The third-order valence-corrected chi connectivity index (χ3v) is 19.9. The van der Waals surface area contributed by atoms with Gasteiger partial charge in [-0.2, -0.15) is 0 Å². The number of carbonyl (C=O) groups is 11. The number of nitrogens with zero attached hydrogens (tertiary/aromatic N) is 4. The fourth-order valence-electron chi connectivity index (χ4n) is 13.1. The van der Waals surface area contributed by atoms with Gasteiger partial charge in [-0.25, -0.2) is 13.2 Å².